The summed E-state index contributed by atoms with van der Waals surface area (Å²) in [4.78, 5) is 0. The number of hydrogen-bond donors (Lipinski definition) is 0. The summed E-state index contributed by atoms with van der Waals surface area (Å²) in [7, 11) is 0. The second-order valence-electron chi connectivity index (χ2n) is 7.60. The van der Waals surface area contributed by atoms with E-state index in [1.807, 2.05) is 0 Å². The van der Waals surface area contributed by atoms with Crippen LogP contribution in [-0.2, 0) is 0 Å². The smallest absolute Gasteiger partial charge is 0.0309 e. The minimum atomic E-state index is 0.806. The summed E-state index contributed by atoms with van der Waals surface area (Å²) in [6.45, 7) is 0. The van der Waals surface area contributed by atoms with Crippen molar-refractivity contribution in [2.45, 2.75) is 51.4 Å². The highest BCUT2D eigenvalue weighted by Crippen LogP contribution is 2.52. The van der Waals surface area contributed by atoms with Gasteiger partial charge in [-0.15, -0.1) is 5.73 Å². The fourth-order valence-corrected chi connectivity index (χ4v) is 4.38. The molecule has 0 nitrogen and oxygen atoms in total. The molecule has 0 bridgehead atoms. The normalized spacial score (nSPS) is 23.3. The molecule has 0 spiro atoms. The molecule has 2 aliphatic rings. The van der Waals surface area contributed by atoms with Gasteiger partial charge in [0.15, 0.2) is 0 Å². The molecule has 2 fully saturated rings. The van der Waals surface area contributed by atoms with Gasteiger partial charge in [-0.1, -0.05) is 99.2 Å². The number of allylic oxidation sites excluding steroid dienone is 1. The van der Waals surface area contributed by atoms with Crippen molar-refractivity contribution in [3.63, 3.8) is 0 Å². The molecule has 0 heteroatoms. The molecule has 0 N–H and O–H groups in total. The zero-order valence-electron chi connectivity index (χ0n) is 15.1. The van der Waals surface area contributed by atoms with Crippen LogP contribution in [0.2, 0.25) is 0 Å². The summed E-state index contributed by atoms with van der Waals surface area (Å²) in [6.07, 6.45) is 11.3. The lowest BCUT2D eigenvalue weighted by atomic mass is 9.98. The number of fused-ring (bicyclic) bond motifs is 1. The Kier molecular flexibility index (Phi) is 5.19. The summed E-state index contributed by atoms with van der Waals surface area (Å²) in [5, 5.41) is 0. The van der Waals surface area contributed by atoms with Crippen LogP contribution in [0.25, 0.3) is 5.57 Å². The Morgan fingerprint density at radius 3 is 1.52 bits per heavy atom. The summed E-state index contributed by atoms with van der Waals surface area (Å²) in [6, 6.07) is 21.6. The van der Waals surface area contributed by atoms with Gasteiger partial charge in [0.1, 0.15) is 0 Å². The molecule has 0 unspecified atom stereocenters. The maximum Gasteiger partial charge on any atom is 0.0309 e. The van der Waals surface area contributed by atoms with Crippen molar-refractivity contribution < 1.29 is 0 Å². The second-order valence-corrected chi connectivity index (χ2v) is 7.60. The molecule has 0 aliphatic heterocycles. The fourth-order valence-electron chi connectivity index (χ4n) is 4.38. The van der Waals surface area contributed by atoms with Crippen LogP contribution < -0.4 is 0 Å². The van der Waals surface area contributed by atoms with Gasteiger partial charge in [0.25, 0.3) is 0 Å². The summed E-state index contributed by atoms with van der Waals surface area (Å²) in [5.41, 5.74) is 9.35. The van der Waals surface area contributed by atoms with Gasteiger partial charge in [-0.25, -0.2) is 0 Å². The van der Waals surface area contributed by atoms with E-state index in [-0.39, 0.29) is 0 Å². The van der Waals surface area contributed by atoms with E-state index < -0.39 is 0 Å². The molecular weight excluding hydrogens is 300 g/mol. The van der Waals surface area contributed by atoms with Gasteiger partial charge in [-0.3, -0.25) is 0 Å². The average Bonchev–Trinajstić information content (AvgIpc) is 3.35. The maximum absolute atomic E-state index is 3.90. The monoisotopic (exact) mass is 328 g/mol. The first-order valence-electron chi connectivity index (χ1n) is 10.0. The van der Waals surface area contributed by atoms with E-state index in [2.05, 4.69) is 66.4 Å². The third kappa shape index (κ3) is 3.97. The third-order valence-electron chi connectivity index (χ3n) is 5.85. The lowest BCUT2D eigenvalue weighted by Crippen LogP contribution is -1.89. The topological polar surface area (TPSA) is 0 Å². The zero-order valence-corrected chi connectivity index (χ0v) is 15.1. The largest absolute Gasteiger partial charge is 0.112 e. The Morgan fingerprint density at radius 1 is 0.600 bits per heavy atom. The van der Waals surface area contributed by atoms with Crippen molar-refractivity contribution in [2.24, 2.45) is 11.8 Å². The number of benzene rings is 2. The average molecular weight is 328 g/mol. The van der Waals surface area contributed by atoms with E-state index in [0.717, 1.165) is 11.8 Å². The van der Waals surface area contributed by atoms with Gasteiger partial charge >= 0.3 is 0 Å². The van der Waals surface area contributed by atoms with Crippen molar-refractivity contribution >= 4 is 5.57 Å². The van der Waals surface area contributed by atoms with Gasteiger partial charge in [-0.2, -0.15) is 0 Å². The second kappa shape index (κ2) is 7.89. The number of rotatable bonds is 2. The molecule has 0 radical (unpaired) electrons. The van der Waals surface area contributed by atoms with Gasteiger partial charge in [-0.05, 0) is 41.4 Å². The fraction of sp³-hybridized carbons (Fsp3) is 0.400. The van der Waals surface area contributed by atoms with Crippen LogP contribution in [0.4, 0.5) is 0 Å². The van der Waals surface area contributed by atoms with Gasteiger partial charge in [0, 0.05) is 5.57 Å². The molecule has 2 saturated carbocycles. The Balaban J connectivity index is 1.72. The van der Waals surface area contributed by atoms with E-state index in [1.54, 1.807) is 5.57 Å². The summed E-state index contributed by atoms with van der Waals surface area (Å²) >= 11 is 0. The predicted octanol–water partition coefficient (Wildman–Crippen LogP) is 7.02. The first-order chi connectivity index (χ1) is 12.4. The molecule has 4 rings (SSSR count). The highest BCUT2D eigenvalue weighted by atomic mass is 14.5. The molecule has 25 heavy (non-hydrogen) atoms. The van der Waals surface area contributed by atoms with Crippen LogP contribution in [0.1, 0.15) is 62.5 Å². The molecule has 0 saturated heterocycles. The third-order valence-corrected chi connectivity index (χ3v) is 5.85. The molecule has 0 amide bonds. The maximum atomic E-state index is 3.90. The molecule has 0 heterocycles. The predicted molar refractivity (Wildman–Crippen MR) is 106 cm³/mol. The molecule has 128 valence electrons. The van der Waals surface area contributed by atoms with Crippen LogP contribution >= 0.6 is 0 Å². The highest BCUT2D eigenvalue weighted by Gasteiger charge is 2.42. The SMILES string of the molecule is C(=C(c1ccccc1)c1ccccc1)=C1[C@H]2CCCCCCCC[C@@H]12. The van der Waals surface area contributed by atoms with Crippen molar-refractivity contribution in [1.29, 1.82) is 0 Å². The van der Waals surface area contributed by atoms with Crippen molar-refractivity contribution in [1.82, 2.24) is 0 Å². The Labute approximate surface area is 152 Å². The quantitative estimate of drug-likeness (QED) is 0.519. The van der Waals surface area contributed by atoms with Crippen molar-refractivity contribution in [2.75, 3.05) is 0 Å². The van der Waals surface area contributed by atoms with E-state index in [4.69, 9.17) is 0 Å². The lowest BCUT2D eigenvalue weighted by molar-refractivity contribution is 0.489. The molecule has 2 atom stereocenters. The standard InChI is InChI=1S/C25H28/c1-2-4-12-18-23-22(17-11-3-1)25(23)19-24(20-13-7-5-8-14-20)21-15-9-6-10-16-21/h5-10,13-16,22-23H,1-4,11-12,17-18H2/t22-,23+. The molecule has 0 aromatic heterocycles. The van der Waals surface area contributed by atoms with Gasteiger partial charge < -0.3 is 0 Å². The van der Waals surface area contributed by atoms with Crippen LogP contribution in [0.3, 0.4) is 0 Å². The van der Waals surface area contributed by atoms with E-state index in [9.17, 15) is 0 Å². The van der Waals surface area contributed by atoms with Crippen LogP contribution in [0.5, 0.6) is 0 Å². The molecule has 2 aliphatic carbocycles. The number of hydrogen-bond acceptors (Lipinski definition) is 0. The summed E-state index contributed by atoms with van der Waals surface area (Å²) in [5.74, 6) is 1.61. The Bertz CT molecular complexity index is 688. The summed E-state index contributed by atoms with van der Waals surface area (Å²) < 4.78 is 0. The Morgan fingerprint density at radius 2 is 1.04 bits per heavy atom. The minimum absolute atomic E-state index is 0.806. The van der Waals surface area contributed by atoms with Crippen molar-refractivity contribution in [3.05, 3.63) is 83.1 Å². The van der Waals surface area contributed by atoms with Crippen molar-refractivity contribution in [3.8, 4) is 0 Å². The molecule has 2 aromatic rings. The van der Waals surface area contributed by atoms with E-state index in [1.165, 1.54) is 68.1 Å². The van der Waals surface area contributed by atoms with Gasteiger partial charge in [0.05, 0.1) is 0 Å². The van der Waals surface area contributed by atoms with Crippen LogP contribution in [0, 0.1) is 11.8 Å². The Hall–Kier alpha value is -2.04. The minimum Gasteiger partial charge on any atom is -0.112 e. The lowest BCUT2D eigenvalue weighted by Gasteiger charge is -2.05. The van der Waals surface area contributed by atoms with Crippen LogP contribution in [0.15, 0.2) is 72.0 Å². The molecule has 2 aromatic carbocycles. The highest BCUT2D eigenvalue weighted by molar-refractivity contribution is 5.80. The zero-order chi connectivity index (χ0) is 16.9. The first-order valence-corrected chi connectivity index (χ1v) is 10.0. The first kappa shape index (κ1) is 16.4. The van der Waals surface area contributed by atoms with E-state index in [0.29, 0.717) is 0 Å². The van der Waals surface area contributed by atoms with Gasteiger partial charge in [0.2, 0.25) is 0 Å². The van der Waals surface area contributed by atoms with E-state index >= 15 is 0 Å². The molecular formula is C25H28. The van der Waals surface area contributed by atoms with Crippen LogP contribution in [-0.4, -0.2) is 0 Å².